The van der Waals surface area contributed by atoms with E-state index in [9.17, 15) is 5.11 Å². The first-order valence-electron chi connectivity index (χ1n) is 12.2. The van der Waals surface area contributed by atoms with Crippen molar-refractivity contribution in [3.05, 3.63) is 40.4 Å². The molecule has 1 fully saturated rings. The molecule has 1 aliphatic rings. The van der Waals surface area contributed by atoms with Crippen molar-refractivity contribution in [2.75, 3.05) is 25.6 Å². The zero-order valence-corrected chi connectivity index (χ0v) is 21.8. The summed E-state index contributed by atoms with van der Waals surface area (Å²) in [6.45, 7) is 9.11. The van der Waals surface area contributed by atoms with E-state index in [1.807, 2.05) is 38.3 Å². The van der Waals surface area contributed by atoms with Gasteiger partial charge in [0.05, 0.1) is 25.6 Å². The number of halogens is 1. The third-order valence-electron chi connectivity index (χ3n) is 6.45. The van der Waals surface area contributed by atoms with Crippen LogP contribution in [0.5, 0.6) is 5.75 Å². The van der Waals surface area contributed by atoms with Gasteiger partial charge < -0.3 is 25.2 Å². The Kier molecular flexibility index (Phi) is 8.11. The first kappa shape index (κ1) is 25.6. The Morgan fingerprint density at radius 3 is 2.74 bits per heavy atom. The topological polar surface area (TPSA) is 106 Å². The summed E-state index contributed by atoms with van der Waals surface area (Å²) in [5, 5.41) is 18.3. The summed E-state index contributed by atoms with van der Waals surface area (Å²) in [4.78, 5) is 13.5. The average Bonchev–Trinajstić information content (AvgIpc) is 3.29. The standard InChI is InChI=1S/C25H35ClN6O3/c1-14(2)27-11-19(33)21-15(3)18(26)10-17(23(21)34-5)16(4)31-24-22-25(29-12-28-24)32(13-30-22)20-8-6-7-9-35-20/h10,12-14,16,19-20,27,33H,6-9,11H2,1-5H3,(H,28,29,31)/t16-,19?,20?/m0/s1. The van der Waals surface area contributed by atoms with E-state index in [-0.39, 0.29) is 18.3 Å². The first-order chi connectivity index (χ1) is 16.8. The van der Waals surface area contributed by atoms with Crippen LogP contribution in [-0.2, 0) is 4.74 Å². The molecule has 9 nitrogen and oxygen atoms in total. The van der Waals surface area contributed by atoms with E-state index in [0.717, 1.165) is 42.6 Å². The van der Waals surface area contributed by atoms with Gasteiger partial charge in [-0.05, 0) is 44.7 Å². The van der Waals surface area contributed by atoms with Crippen molar-refractivity contribution >= 4 is 28.6 Å². The van der Waals surface area contributed by atoms with E-state index in [4.69, 9.17) is 21.1 Å². The molecule has 0 radical (unpaired) electrons. The molecule has 0 amide bonds. The molecule has 0 bridgehead atoms. The minimum Gasteiger partial charge on any atom is -0.496 e. The highest BCUT2D eigenvalue weighted by Gasteiger charge is 2.26. The van der Waals surface area contributed by atoms with E-state index in [1.165, 1.54) is 6.33 Å². The predicted molar refractivity (Wildman–Crippen MR) is 137 cm³/mol. The van der Waals surface area contributed by atoms with Crippen LogP contribution in [-0.4, -0.2) is 50.9 Å². The van der Waals surface area contributed by atoms with Crippen LogP contribution < -0.4 is 15.4 Å². The number of aromatic nitrogens is 4. The second-order valence-electron chi connectivity index (χ2n) is 9.33. The highest BCUT2D eigenvalue weighted by atomic mass is 35.5. The molecule has 2 unspecified atom stereocenters. The molecule has 3 atom stereocenters. The molecule has 1 aliphatic heterocycles. The second kappa shape index (κ2) is 11.1. The smallest absolute Gasteiger partial charge is 0.167 e. The van der Waals surface area contributed by atoms with E-state index in [1.54, 1.807) is 13.4 Å². The van der Waals surface area contributed by atoms with Crippen LogP contribution >= 0.6 is 11.6 Å². The number of nitrogens with zero attached hydrogens (tertiary/aromatic N) is 4. The van der Waals surface area contributed by atoms with Crippen molar-refractivity contribution in [2.24, 2.45) is 0 Å². The lowest BCUT2D eigenvalue weighted by molar-refractivity contribution is -0.0298. The predicted octanol–water partition coefficient (Wildman–Crippen LogP) is 4.70. The number of rotatable bonds is 9. The molecule has 2 aromatic heterocycles. The second-order valence-corrected chi connectivity index (χ2v) is 9.74. The fraction of sp³-hybridized carbons (Fsp3) is 0.560. The Balaban J connectivity index is 1.66. The molecular weight excluding hydrogens is 468 g/mol. The zero-order chi connectivity index (χ0) is 25.1. The minimum absolute atomic E-state index is 0.0617. The van der Waals surface area contributed by atoms with Crippen LogP contribution in [0.2, 0.25) is 5.02 Å². The van der Waals surface area contributed by atoms with Crippen molar-refractivity contribution in [3.63, 3.8) is 0 Å². The number of imidazole rings is 1. The summed E-state index contributed by atoms with van der Waals surface area (Å²) < 4.78 is 13.7. The zero-order valence-electron chi connectivity index (χ0n) is 21.0. The first-order valence-corrected chi connectivity index (χ1v) is 12.5. The SMILES string of the molecule is COc1c([C@H](C)Nc2ncnc3c2ncn3C2CCCCO2)cc(Cl)c(C)c1C(O)CNC(C)C. The van der Waals surface area contributed by atoms with Crippen LogP contribution in [0.4, 0.5) is 5.82 Å². The summed E-state index contributed by atoms with van der Waals surface area (Å²) in [6, 6.07) is 1.89. The number of fused-ring (bicyclic) bond motifs is 1. The minimum atomic E-state index is -0.769. The Bertz CT molecular complexity index is 1160. The van der Waals surface area contributed by atoms with Gasteiger partial charge in [-0.3, -0.25) is 4.57 Å². The normalized spacial score (nSPS) is 18.1. The summed E-state index contributed by atoms with van der Waals surface area (Å²) in [5.41, 5.74) is 3.71. The van der Waals surface area contributed by atoms with Gasteiger partial charge in [-0.2, -0.15) is 0 Å². The Morgan fingerprint density at radius 1 is 1.26 bits per heavy atom. The lowest BCUT2D eigenvalue weighted by atomic mass is 9.95. The molecule has 3 aromatic rings. The molecule has 0 saturated carbocycles. The highest BCUT2D eigenvalue weighted by Crippen LogP contribution is 2.40. The van der Waals surface area contributed by atoms with Crippen molar-refractivity contribution < 1.29 is 14.6 Å². The fourth-order valence-electron chi connectivity index (χ4n) is 4.56. The molecule has 3 heterocycles. The molecule has 0 spiro atoms. The van der Waals surface area contributed by atoms with Gasteiger partial charge >= 0.3 is 0 Å². The Hall–Kier alpha value is -2.46. The van der Waals surface area contributed by atoms with Crippen LogP contribution in [0.3, 0.4) is 0 Å². The quantitative estimate of drug-likeness (QED) is 0.386. The molecule has 190 valence electrons. The van der Waals surface area contributed by atoms with Crippen molar-refractivity contribution in [3.8, 4) is 5.75 Å². The number of methoxy groups -OCH3 is 1. The molecule has 3 N–H and O–H groups in total. The maximum absolute atomic E-state index is 11.0. The number of anilines is 1. The molecule has 10 heteroatoms. The number of hydrogen-bond acceptors (Lipinski definition) is 8. The third-order valence-corrected chi connectivity index (χ3v) is 6.85. The number of benzene rings is 1. The Morgan fingerprint density at radius 2 is 2.06 bits per heavy atom. The summed E-state index contributed by atoms with van der Waals surface area (Å²) in [6.07, 6.45) is 5.60. The highest BCUT2D eigenvalue weighted by molar-refractivity contribution is 6.31. The van der Waals surface area contributed by atoms with Gasteiger partial charge in [-0.15, -0.1) is 0 Å². The van der Waals surface area contributed by atoms with Gasteiger partial charge in [0.25, 0.3) is 0 Å². The number of aliphatic hydroxyl groups is 1. The molecule has 1 aromatic carbocycles. The number of nitrogens with one attached hydrogen (secondary N) is 2. The summed E-state index contributed by atoms with van der Waals surface area (Å²) >= 11 is 6.62. The van der Waals surface area contributed by atoms with Crippen LogP contribution in [0.1, 0.15) is 75.1 Å². The summed E-state index contributed by atoms with van der Waals surface area (Å²) in [5.74, 6) is 1.22. The van der Waals surface area contributed by atoms with E-state index < -0.39 is 6.10 Å². The monoisotopic (exact) mass is 502 g/mol. The Labute approximate surface area is 211 Å². The fourth-order valence-corrected chi connectivity index (χ4v) is 4.78. The van der Waals surface area contributed by atoms with Gasteiger partial charge in [0, 0.05) is 35.3 Å². The number of hydrogen-bond donors (Lipinski definition) is 3. The van der Waals surface area contributed by atoms with Crippen molar-refractivity contribution in [1.82, 2.24) is 24.8 Å². The van der Waals surface area contributed by atoms with Crippen molar-refractivity contribution in [2.45, 2.75) is 71.4 Å². The molecule has 1 saturated heterocycles. The average molecular weight is 503 g/mol. The van der Waals surface area contributed by atoms with E-state index in [2.05, 4.69) is 25.6 Å². The van der Waals surface area contributed by atoms with Gasteiger partial charge in [0.15, 0.2) is 17.0 Å². The number of aliphatic hydroxyl groups excluding tert-OH is 1. The number of ether oxygens (including phenoxy) is 2. The van der Waals surface area contributed by atoms with Crippen LogP contribution in [0.25, 0.3) is 11.2 Å². The maximum atomic E-state index is 11.0. The summed E-state index contributed by atoms with van der Waals surface area (Å²) in [7, 11) is 1.61. The van der Waals surface area contributed by atoms with E-state index >= 15 is 0 Å². The molecule has 35 heavy (non-hydrogen) atoms. The van der Waals surface area contributed by atoms with Crippen LogP contribution in [0.15, 0.2) is 18.7 Å². The maximum Gasteiger partial charge on any atom is 0.167 e. The van der Waals surface area contributed by atoms with Crippen molar-refractivity contribution in [1.29, 1.82) is 0 Å². The van der Waals surface area contributed by atoms with Gasteiger partial charge in [-0.25, -0.2) is 15.0 Å². The van der Waals surface area contributed by atoms with Gasteiger partial charge in [0.2, 0.25) is 0 Å². The molecule has 0 aliphatic carbocycles. The van der Waals surface area contributed by atoms with Gasteiger partial charge in [-0.1, -0.05) is 25.4 Å². The molecule has 4 rings (SSSR count). The largest absolute Gasteiger partial charge is 0.496 e. The van der Waals surface area contributed by atoms with Gasteiger partial charge in [0.1, 0.15) is 18.3 Å². The lowest BCUT2D eigenvalue weighted by Crippen LogP contribution is -2.28. The molecular formula is C25H35ClN6O3. The third kappa shape index (κ3) is 5.38. The lowest BCUT2D eigenvalue weighted by Gasteiger charge is -2.25. The van der Waals surface area contributed by atoms with E-state index in [0.29, 0.717) is 34.2 Å². The van der Waals surface area contributed by atoms with Crippen LogP contribution in [0, 0.1) is 6.92 Å².